The molecule has 0 amide bonds. The van der Waals surface area contributed by atoms with E-state index < -0.39 is 20.0 Å². The maximum absolute atomic E-state index is 13.7. The number of nitrogens with zero attached hydrogens (tertiary/aromatic N) is 6. The van der Waals surface area contributed by atoms with Gasteiger partial charge in [0, 0.05) is 52.4 Å². The third-order valence-electron chi connectivity index (χ3n) is 7.45. The number of para-hydroxylation sites is 2. The predicted octanol–water partition coefficient (Wildman–Crippen LogP) is 1.85. The molecule has 0 spiro atoms. The number of thiophene rings is 2. The van der Waals surface area contributed by atoms with Gasteiger partial charge in [-0.3, -0.25) is 18.9 Å². The van der Waals surface area contributed by atoms with Crippen molar-refractivity contribution in [3.8, 4) is 0 Å². The van der Waals surface area contributed by atoms with E-state index in [9.17, 15) is 21.6 Å². The smallest absolute Gasteiger partial charge is 0.283 e. The molecular formula is C25H30N6O5S4. The summed E-state index contributed by atoms with van der Waals surface area (Å²) >= 11 is 2.44. The number of imidazole rings is 1. The molecular weight excluding hydrogens is 593 g/mol. The number of aromatic nitrogens is 2. The van der Waals surface area contributed by atoms with Crippen LogP contribution in [0.4, 0.5) is 0 Å². The van der Waals surface area contributed by atoms with E-state index >= 15 is 0 Å². The molecule has 4 aromatic rings. The van der Waals surface area contributed by atoms with E-state index in [0.717, 1.165) is 11.0 Å². The first-order valence-corrected chi connectivity index (χ1v) is 17.6. The monoisotopic (exact) mass is 622 g/mol. The largest absolute Gasteiger partial charge is 0.331 e. The Balaban J connectivity index is 1.14. The van der Waals surface area contributed by atoms with Crippen molar-refractivity contribution in [1.29, 1.82) is 0 Å². The Morgan fingerprint density at radius 3 is 1.32 bits per heavy atom. The zero-order valence-electron chi connectivity index (χ0n) is 21.7. The molecule has 214 valence electrons. The van der Waals surface area contributed by atoms with Gasteiger partial charge in [-0.25, -0.2) is 21.6 Å². The third-order valence-corrected chi connectivity index (χ3v) is 14.0. The number of hydrogen-bond acceptors (Lipinski definition) is 9. The molecule has 6 rings (SSSR count). The molecule has 2 saturated heterocycles. The van der Waals surface area contributed by atoms with Gasteiger partial charge in [-0.15, -0.1) is 22.7 Å². The molecule has 5 heterocycles. The molecule has 3 aromatic heterocycles. The van der Waals surface area contributed by atoms with Gasteiger partial charge in [0.2, 0.25) is 0 Å². The first-order chi connectivity index (χ1) is 19.2. The second kappa shape index (κ2) is 11.1. The summed E-state index contributed by atoms with van der Waals surface area (Å²) in [5, 5.41) is 3.52. The van der Waals surface area contributed by atoms with E-state index in [0.29, 0.717) is 74.1 Å². The molecule has 2 fully saturated rings. The summed E-state index contributed by atoms with van der Waals surface area (Å²) < 4.78 is 58.8. The average molecular weight is 623 g/mol. The lowest BCUT2D eigenvalue weighted by atomic mass is 10.3. The SMILES string of the molecule is O=c1n(CN2CCN(S(=O)(=O)c3cccs3)CC2)c2ccccc2n1CN1CCN(S(=O)(=O)c2cccs2)CC1. The molecule has 0 radical (unpaired) electrons. The van der Waals surface area contributed by atoms with E-state index in [1.807, 2.05) is 24.3 Å². The van der Waals surface area contributed by atoms with Gasteiger partial charge < -0.3 is 0 Å². The summed E-state index contributed by atoms with van der Waals surface area (Å²) in [6.07, 6.45) is 0. The molecule has 0 N–H and O–H groups in total. The Bertz CT molecular complexity index is 1600. The molecule has 15 heteroatoms. The van der Waals surface area contributed by atoms with Crippen LogP contribution in [0.2, 0.25) is 0 Å². The van der Waals surface area contributed by atoms with Crippen LogP contribution in [0.3, 0.4) is 0 Å². The number of sulfonamides is 2. The molecule has 2 aliphatic heterocycles. The Morgan fingerprint density at radius 1 is 0.575 bits per heavy atom. The van der Waals surface area contributed by atoms with E-state index in [4.69, 9.17) is 0 Å². The van der Waals surface area contributed by atoms with Crippen LogP contribution in [-0.2, 0) is 33.4 Å². The fourth-order valence-corrected chi connectivity index (χ4v) is 10.4. The van der Waals surface area contributed by atoms with Crippen LogP contribution in [0.5, 0.6) is 0 Å². The molecule has 0 saturated carbocycles. The Hall–Kier alpha value is -2.37. The highest BCUT2D eigenvalue weighted by Crippen LogP contribution is 2.24. The van der Waals surface area contributed by atoms with Crippen LogP contribution < -0.4 is 5.69 Å². The Kier molecular flexibility index (Phi) is 7.73. The molecule has 0 atom stereocenters. The lowest BCUT2D eigenvalue weighted by Gasteiger charge is -2.34. The topological polar surface area (TPSA) is 108 Å². The molecule has 0 unspecified atom stereocenters. The molecule has 0 aliphatic carbocycles. The number of fused-ring (bicyclic) bond motifs is 1. The van der Waals surface area contributed by atoms with Crippen molar-refractivity contribution in [3.05, 3.63) is 69.8 Å². The van der Waals surface area contributed by atoms with E-state index in [2.05, 4.69) is 9.80 Å². The van der Waals surface area contributed by atoms with Crippen LogP contribution in [0.25, 0.3) is 11.0 Å². The number of hydrogen-bond donors (Lipinski definition) is 0. The van der Waals surface area contributed by atoms with Crippen molar-refractivity contribution in [2.45, 2.75) is 21.8 Å². The van der Waals surface area contributed by atoms with Crippen LogP contribution >= 0.6 is 22.7 Å². The summed E-state index contributed by atoms with van der Waals surface area (Å²) in [7, 11) is -6.98. The fraction of sp³-hybridized carbons (Fsp3) is 0.400. The summed E-state index contributed by atoms with van der Waals surface area (Å²) in [5.41, 5.74) is 1.50. The molecule has 1 aromatic carbocycles. The first-order valence-electron chi connectivity index (χ1n) is 13.0. The lowest BCUT2D eigenvalue weighted by molar-refractivity contribution is 0.143. The standard InChI is InChI=1S/C25H30N6O5S4/c32-25-30(19-26-9-13-28(14-10-26)39(33,34)23-7-3-17-37-23)21-5-1-2-6-22(21)31(25)20-27-11-15-29(16-12-27)40(35,36)24-8-4-18-38-24/h1-8,17-18H,9-16,19-20H2. The van der Waals surface area contributed by atoms with Gasteiger partial charge in [0.1, 0.15) is 8.42 Å². The molecule has 2 aliphatic rings. The van der Waals surface area contributed by atoms with Gasteiger partial charge in [0.25, 0.3) is 20.0 Å². The minimum atomic E-state index is -3.49. The van der Waals surface area contributed by atoms with Crippen molar-refractivity contribution >= 4 is 53.8 Å². The average Bonchev–Trinajstić information content (AvgIpc) is 3.74. The van der Waals surface area contributed by atoms with Crippen molar-refractivity contribution in [2.24, 2.45) is 0 Å². The predicted molar refractivity (Wildman–Crippen MR) is 155 cm³/mol. The van der Waals surface area contributed by atoms with Crippen molar-refractivity contribution in [1.82, 2.24) is 27.5 Å². The van der Waals surface area contributed by atoms with E-state index in [1.165, 1.54) is 31.3 Å². The maximum atomic E-state index is 13.7. The van der Waals surface area contributed by atoms with Gasteiger partial charge in [-0.2, -0.15) is 8.61 Å². The summed E-state index contributed by atoms with van der Waals surface area (Å²) in [6, 6.07) is 14.4. The highest BCUT2D eigenvalue weighted by atomic mass is 32.3. The van der Waals surface area contributed by atoms with Crippen molar-refractivity contribution in [2.75, 3.05) is 52.4 Å². The van der Waals surface area contributed by atoms with Gasteiger partial charge in [0.15, 0.2) is 0 Å². The van der Waals surface area contributed by atoms with Crippen LogP contribution in [0, 0.1) is 0 Å². The van der Waals surface area contributed by atoms with Gasteiger partial charge in [0.05, 0.1) is 24.4 Å². The zero-order chi connectivity index (χ0) is 27.9. The maximum Gasteiger partial charge on any atom is 0.331 e. The summed E-state index contributed by atoms with van der Waals surface area (Å²) in [6.45, 7) is 4.30. The van der Waals surface area contributed by atoms with Gasteiger partial charge in [-0.05, 0) is 35.0 Å². The lowest BCUT2D eigenvalue weighted by Crippen LogP contribution is -2.50. The number of rotatable bonds is 8. The minimum absolute atomic E-state index is 0.136. The highest BCUT2D eigenvalue weighted by Gasteiger charge is 2.31. The number of piperazine rings is 2. The Labute approximate surface area is 241 Å². The fourth-order valence-electron chi connectivity index (χ4n) is 5.24. The van der Waals surface area contributed by atoms with Crippen molar-refractivity contribution in [3.63, 3.8) is 0 Å². The summed E-state index contributed by atoms with van der Waals surface area (Å²) in [4.78, 5) is 17.9. The summed E-state index contributed by atoms with van der Waals surface area (Å²) in [5.74, 6) is 0. The molecule has 40 heavy (non-hydrogen) atoms. The Morgan fingerprint density at radius 2 is 0.975 bits per heavy atom. The van der Waals surface area contributed by atoms with Crippen LogP contribution in [-0.4, -0.2) is 96.7 Å². The van der Waals surface area contributed by atoms with Crippen LogP contribution in [0.1, 0.15) is 0 Å². The normalized spacial score (nSPS) is 19.0. The minimum Gasteiger partial charge on any atom is -0.283 e. The first kappa shape index (κ1) is 27.8. The zero-order valence-corrected chi connectivity index (χ0v) is 25.0. The van der Waals surface area contributed by atoms with Crippen molar-refractivity contribution < 1.29 is 16.8 Å². The van der Waals surface area contributed by atoms with Gasteiger partial charge in [-0.1, -0.05) is 24.3 Å². The molecule has 11 nitrogen and oxygen atoms in total. The van der Waals surface area contributed by atoms with E-state index in [1.54, 1.807) is 44.2 Å². The van der Waals surface area contributed by atoms with E-state index in [-0.39, 0.29) is 5.69 Å². The second-order valence-corrected chi connectivity index (χ2v) is 16.0. The third kappa shape index (κ3) is 5.20. The van der Waals surface area contributed by atoms with Gasteiger partial charge >= 0.3 is 5.69 Å². The quantitative estimate of drug-likeness (QED) is 0.295. The highest BCUT2D eigenvalue weighted by molar-refractivity contribution is 7.91. The number of benzene rings is 1. The van der Waals surface area contributed by atoms with Crippen LogP contribution in [0.15, 0.2) is 72.5 Å². The molecule has 0 bridgehead atoms. The second-order valence-electron chi connectivity index (χ2n) is 9.82.